The number of benzene rings is 1. The lowest BCUT2D eigenvalue weighted by molar-refractivity contribution is 0.276. The number of aromatic nitrogens is 2. The zero-order valence-electron chi connectivity index (χ0n) is 16.9. The molecule has 1 aromatic heterocycles. The molecular weight excluding hydrogens is 346 g/mol. The first-order valence-electron chi connectivity index (χ1n) is 10.9. The molecule has 5 rings (SSSR count). The summed E-state index contributed by atoms with van der Waals surface area (Å²) in [6.45, 7) is 7.73. The van der Waals surface area contributed by atoms with Gasteiger partial charge in [0.05, 0.1) is 5.69 Å². The van der Waals surface area contributed by atoms with Crippen molar-refractivity contribution in [2.75, 3.05) is 38.0 Å². The maximum absolute atomic E-state index is 4.99. The lowest BCUT2D eigenvalue weighted by atomic mass is 9.64. The van der Waals surface area contributed by atoms with Gasteiger partial charge in [0.1, 0.15) is 0 Å². The van der Waals surface area contributed by atoms with Gasteiger partial charge < -0.3 is 10.6 Å². The number of anilines is 1. The summed E-state index contributed by atoms with van der Waals surface area (Å²) in [6.07, 6.45) is 8.10. The van der Waals surface area contributed by atoms with Gasteiger partial charge in [-0.15, -0.1) is 0 Å². The van der Waals surface area contributed by atoms with Crippen LogP contribution in [-0.4, -0.2) is 53.6 Å². The average Bonchev–Trinajstić information content (AvgIpc) is 3.21. The SMILES string of the molecule is CCN1CCCC1CNc1ncc2c(n1)-c1ccccc1C1(CCNCC1)C2. The van der Waals surface area contributed by atoms with E-state index in [0.29, 0.717) is 6.04 Å². The summed E-state index contributed by atoms with van der Waals surface area (Å²) in [5, 5.41) is 7.06. The second-order valence-corrected chi connectivity index (χ2v) is 8.63. The Balaban J connectivity index is 1.42. The molecule has 1 unspecified atom stereocenters. The normalized spacial score (nSPS) is 23.4. The van der Waals surface area contributed by atoms with Gasteiger partial charge in [-0.2, -0.15) is 0 Å². The number of likely N-dealkylation sites (tertiary alicyclic amines) is 1. The lowest BCUT2D eigenvalue weighted by Gasteiger charge is -2.42. The zero-order valence-corrected chi connectivity index (χ0v) is 16.9. The van der Waals surface area contributed by atoms with Crippen LogP contribution in [0.1, 0.15) is 43.7 Å². The Kier molecular flexibility index (Phi) is 4.81. The largest absolute Gasteiger partial charge is 0.353 e. The van der Waals surface area contributed by atoms with E-state index in [9.17, 15) is 0 Å². The molecule has 0 saturated carbocycles. The third-order valence-corrected chi connectivity index (χ3v) is 7.11. The van der Waals surface area contributed by atoms with Gasteiger partial charge in [0.25, 0.3) is 0 Å². The Morgan fingerprint density at radius 1 is 1.25 bits per heavy atom. The lowest BCUT2D eigenvalue weighted by Crippen LogP contribution is -2.43. The van der Waals surface area contributed by atoms with Crippen molar-refractivity contribution >= 4 is 5.95 Å². The fraction of sp³-hybridized carbons (Fsp3) is 0.565. The molecule has 3 aliphatic rings. The van der Waals surface area contributed by atoms with Crippen molar-refractivity contribution < 1.29 is 0 Å². The minimum Gasteiger partial charge on any atom is -0.353 e. The van der Waals surface area contributed by atoms with Crippen LogP contribution in [-0.2, 0) is 11.8 Å². The maximum atomic E-state index is 4.99. The smallest absolute Gasteiger partial charge is 0.223 e. The van der Waals surface area contributed by atoms with E-state index < -0.39 is 0 Å². The van der Waals surface area contributed by atoms with Crippen molar-refractivity contribution in [3.8, 4) is 11.3 Å². The number of rotatable bonds is 4. The first-order chi connectivity index (χ1) is 13.8. The van der Waals surface area contributed by atoms with Gasteiger partial charge in [-0.05, 0) is 69.4 Å². The molecule has 5 nitrogen and oxygen atoms in total. The average molecular weight is 378 g/mol. The highest BCUT2D eigenvalue weighted by atomic mass is 15.2. The molecule has 2 fully saturated rings. The number of hydrogen-bond acceptors (Lipinski definition) is 5. The van der Waals surface area contributed by atoms with Crippen LogP contribution in [0.4, 0.5) is 5.95 Å². The Bertz CT molecular complexity index is 843. The molecule has 1 atom stereocenters. The van der Waals surface area contributed by atoms with Crippen molar-refractivity contribution in [2.24, 2.45) is 0 Å². The molecule has 0 bridgehead atoms. The maximum Gasteiger partial charge on any atom is 0.223 e. The van der Waals surface area contributed by atoms with E-state index in [4.69, 9.17) is 9.97 Å². The summed E-state index contributed by atoms with van der Waals surface area (Å²) >= 11 is 0. The Hall–Kier alpha value is -1.98. The third-order valence-electron chi connectivity index (χ3n) is 7.11. The van der Waals surface area contributed by atoms with E-state index in [1.807, 2.05) is 0 Å². The van der Waals surface area contributed by atoms with Crippen molar-refractivity contribution in [3.05, 3.63) is 41.6 Å². The van der Waals surface area contributed by atoms with E-state index in [1.165, 1.54) is 48.9 Å². The predicted octanol–water partition coefficient (Wildman–Crippen LogP) is 3.22. The van der Waals surface area contributed by atoms with Gasteiger partial charge >= 0.3 is 0 Å². The molecule has 0 amide bonds. The molecule has 148 valence electrons. The quantitative estimate of drug-likeness (QED) is 0.857. The fourth-order valence-electron chi connectivity index (χ4n) is 5.57. The Labute approximate surface area is 168 Å². The molecule has 1 spiro atoms. The molecule has 5 heteroatoms. The molecule has 28 heavy (non-hydrogen) atoms. The summed E-state index contributed by atoms with van der Waals surface area (Å²) in [6, 6.07) is 9.53. The highest BCUT2D eigenvalue weighted by molar-refractivity contribution is 5.72. The van der Waals surface area contributed by atoms with Gasteiger partial charge in [0.2, 0.25) is 5.95 Å². The van der Waals surface area contributed by atoms with Gasteiger partial charge in [-0.1, -0.05) is 31.2 Å². The van der Waals surface area contributed by atoms with Gasteiger partial charge in [-0.3, -0.25) is 4.90 Å². The number of nitrogens with zero attached hydrogens (tertiary/aromatic N) is 3. The predicted molar refractivity (Wildman–Crippen MR) is 114 cm³/mol. The van der Waals surface area contributed by atoms with Crippen molar-refractivity contribution in [2.45, 2.75) is 50.5 Å². The van der Waals surface area contributed by atoms with Crippen LogP contribution >= 0.6 is 0 Å². The van der Waals surface area contributed by atoms with E-state index in [0.717, 1.165) is 44.2 Å². The molecule has 1 aromatic carbocycles. The highest BCUT2D eigenvalue weighted by Gasteiger charge is 2.40. The van der Waals surface area contributed by atoms with Crippen LogP contribution in [0.5, 0.6) is 0 Å². The van der Waals surface area contributed by atoms with Crippen LogP contribution in [0.25, 0.3) is 11.3 Å². The van der Waals surface area contributed by atoms with Gasteiger partial charge in [0, 0.05) is 29.8 Å². The second kappa shape index (κ2) is 7.45. The number of likely N-dealkylation sites (N-methyl/N-ethyl adjacent to an activating group) is 1. The van der Waals surface area contributed by atoms with Crippen molar-refractivity contribution in [1.29, 1.82) is 0 Å². The first-order valence-corrected chi connectivity index (χ1v) is 10.9. The van der Waals surface area contributed by atoms with E-state index in [1.54, 1.807) is 0 Å². The molecule has 2 saturated heterocycles. The van der Waals surface area contributed by atoms with Gasteiger partial charge in [-0.25, -0.2) is 9.97 Å². The molecule has 1 aliphatic carbocycles. The molecule has 2 aromatic rings. The highest BCUT2D eigenvalue weighted by Crippen LogP contribution is 2.46. The summed E-state index contributed by atoms with van der Waals surface area (Å²) in [5.74, 6) is 0.776. The van der Waals surface area contributed by atoms with Crippen LogP contribution < -0.4 is 10.6 Å². The summed E-state index contributed by atoms with van der Waals surface area (Å²) < 4.78 is 0. The Morgan fingerprint density at radius 3 is 2.96 bits per heavy atom. The summed E-state index contributed by atoms with van der Waals surface area (Å²) in [4.78, 5) is 12.2. The molecule has 0 radical (unpaired) electrons. The minimum absolute atomic E-state index is 0.249. The first kappa shape index (κ1) is 18.1. The number of hydrogen-bond donors (Lipinski definition) is 2. The standard InChI is InChI=1S/C23H31N5/c1-2-28-13-5-6-18(28)16-26-22-25-15-17-14-23(9-11-24-12-10-23)20-8-4-3-7-19(20)21(17)27-22/h3-4,7-8,15,18,24H,2,5-6,9-14,16H2,1H3,(H,25,26,27). The molecular formula is C23H31N5. The van der Waals surface area contributed by atoms with Crippen molar-refractivity contribution in [1.82, 2.24) is 20.2 Å². The van der Waals surface area contributed by atoms with Crippen LogP contribution in [0.2, 0.25) is 0 Å². The van der Waals surface area contributed by atoms with Gasteiger partial charge in [0.15, 0.2) is 0 Å². The molecule has 3 heterocycles. The second-order valence-electron chi connectivity index (χ2n) is 8.63. The molecule has 2 N–H and O–H groups in total. The molecule has 2 aliphatic heterocycles. The Morgan fingerprint density at radius 2 is 2.11 bits per heavy atom. The number of piperidine rings is 1. The van der Waals surface area contributed by atoms with Crippen LogP contribution in [0.3, 0.4) is 0 Å². The third kappa shape index (κ3) is 3.11. The van der Waals surface area contributed by atoms with E-state index >= 15 is 0 Å². The zero-order chi connectivity index (χ0) is 19.0. The topological polar surface area (TPSA) is 53.1 Å². The van der Waals surface area contributed by atoms with Crippen LogP contribution in [0.15, 0.2) is 30.5 Å². The van der Waals surface area contributed by atoms with Crippen LogP contribution in [0, 0.1) is 0 Å². The number of nitrogens with one attached hydrogen (secondary N) is 2. The number of fused-ring (bicyclic) bond motifs is 4. The summed E-state index contributed by atoms with van der Waals surface area (Å²) in [7, 11) is 0. The minimum atomic E-state index is 0.249. The fourth-order valence-corrected chi connectivity index (χ4v) is 5.57. The van der Waals surface area contributed by atoms with E-state index in [2.05, 4.69) is 52.9 Å². The summed E-state index contributed by atoms with van der Waals surface area (Å²) in [5.41, 5.74) is 5.49. The van der Waals surface area contributed by atoms with E-state index in [-0.39, 0.29) is 5.41 Å². The van der Waals surface area contributed by atoms with Crippen molar-refractivity contribution in [3.63, 3.8) is 0 Å². The monoisotopic (exact) mass is 377 g/mol.